The second-order valence-corrected chi connectivity index (χ2v) is 1.69. The van der Waals surface area contributed by atoms with E-state index in [-0.39, 0.29) is 0 Å². The normalized spacial score (nSPS) is 13.2. The molecule has 0 aromatic heterocycles. The van der Waals surface area contributed by atoms with E-state index in [1.165, 1.54) is 0 Å². The first-order valence-electron chi connectivity index (χ1n) is 2.23. The van der Waals surface area contributed by atoms with E-state index < -0.39 is 23.6 Å². The van der Waals surface area contributed by atoms with Crippen molar-refractivity contribution in [3.05, 3.63) is 10.1 Å². The lowest BCUT2D eigenvalue weighted by molar-refractivity contribution is -0.522. The fourth-order valence-electron chi connectivity index (χ4n) is 0.252. The molecule has 0 aliphatic rings. The monoisotopic (exact) mass is 179 g/mol. The molecule has 0 N–H and O–H groups in total. The summed E-state index contributed by atoms with van der Waals surface area (Å²) in [6, 6.07) is 0. The molecule has 0 aliphatic heterocycles. The number of halogens is 5. The van der Waals surface area contributed by atoms with Crippen LogP contribution in [0.25, 0.3) is 0 Å². The predicted octanol–water partition coefficient (Wildman–Crippen LogP) is 1.46. The second-order valence-electron chi connectivity index (χ2n) is 1.69. The molecule has 0 bridgehead atoms. The summed E-state index contributed by atoms with van der Waals surface area (Å²) in [7, 11) is 0. The number of nitrogens with zero attached hydrogens (tertiary/aromatic N) is 1. The van der Waals surface area contributed by atoms with Crippen LogP contribution in [0.2, 0.25) is 0 Å². The molecule has 11 heavy (non-hydrogen) atoms. The zero-order valence-corrected chi connectivity index (χ0v) is 4.86. The molecule has 0 aromatic carbocycles. The molecule has 0 atom stereocenters. The van der Waals surface area contributed by atoms with Gasteiger partial charge in [-0.2, -0.15) is 22.0 Å². The molecule has 0 saturated heterocycles. The Morgan fingerprint density at radius 2 is 1.55 bits per heavy atom. The number of hydrogen-bond donors (Lipinski definition) is 0. The van der Waals surface area contributed by atoms with Gasteiger partial charge in [0.15, 0.2) is 0 Å². The van der Waals surface area contributed by atoms with Gasteiger partial charge in [-0.05, 0) is 0 Å². The summed E-state index contributed by atoms with van der Waals surface area (Å²) >= 11 is 0. The van der Waals surface area contributed by atoms with Gasteiger partial charge in [0.1, 0.15) is 0 Å². The van der Waals surface area contributed by atoms with Crippen LogP contribution in [-0.4, -0.2) is 23.6 Å². The minimum atomic E-state index is -5.85. The highest BCUT2D eigenvalue weighted by atomic mass is 19.4. The molecular formula is C3H2F5NO2. The second kappa shape index (κ2) is 2.59. The third-order valence-electron chi connectivity index (χ3n) is 0.742. The van der Waals surface area contributed by atoms with E-state index in [2.05, 4.69) is 0 Å². The van der Waals surface area contributed by atoms with E-state index in [4.69, 9.17) is 0 Å². The van der Waals surface area contributed by atoms with Crippen LogP contribution in [0.5, 0.6) is 0 Å². The van der Waals surface area contributed by atoms with Crippen molar-refractivity contribution >= 4 is 0 Å². The van der Waals surface area contributed by atoms with Crippen molar-refractivity contribution in [2.75, 3.05) is 6.54 Å². The minimum Gasteiger partial charge on any atom is -0.264 e. The van der Waals surface area contributed by atoms with Gasteiger partial charge in [-0.1, -0.05) is 0 Å². The van der Waals surface area contributed by atoms with Gasteiger partial charge in [0, 0.05) is 4.92 Å². The Hall–Kier alpha value is -0.950. The highest BCUT2D eigenvalue weighted by Gasteiger charge is 2.61. The molecule has 0 spiro atoms. The summed E-state index contributed by atoms with van der Waals surface area (Å²) < 4.78 is 56.6. The average molecular weight is 179 g/mol. The average Bonchev–Trinajstić information content (AvgIpc) is 1.56. The molecule has 0 aliphatic carbocycles. The van der Waals surface area contributed by atoms with Crippen LogP contribution < -0.4 is 0 Å². The lowest BCUT2D eigenvalue weighted by Crippen LogP contribution is -2.42. The first-order valence-corrected chi connectivity index (χ1v) is 2.23. The molecule has 0 saturated carbocycles. The van der Waals surface area contributed by atoms with E-state index in [0.29, 0.717) is 0 Å². The van der Waals surface area contributed by atoms with Gasteiger partial charge in [0.05, 0.1) is 0 Å². The third-order valence-corrected chi connectivity index (χ3v) is 0.742. The van der Waals surface area contributed by atoms with Gasteiger partial charge < -0.3 is 0 Å². The number of alkyl halides is 5. The minimum absolute atomic E-state index is 1.71. The lowest BCUT2D eigenvalue weighted by Gasteiger charge is -2.14. The van der Waals surface area contributed by atoms with Crippen molar-refractivity contribution in [1.29, 1.82) is 0 Å². The summed E-state index contributed by atoms with van der Waals surface area (Å²) in [6.07, 6.45) is -5.85. The maximum absolute atomic E-state index is 11.6. The summed E-state index contributed by atoms with van der Waals surface area (Å²) in [5.41, 5.74) is 0. The highest BCUT2D eigenvalue weighted by molar-refractivity contribution is 4.73. The zero-order chi connectivity index (χ0) is 9.28. The largest absolute Gasteiger partial charge is 0.460 e. The van der Waals surface area contributed by atoms with E-state index in [1.807, 2.05) is 0 Å². The molecule has 0 rings (SSSR count). The molecule has 0 unspecified atom stereocenters. The molecule has 0 heterocycles. The van der Waals surface area contributed by atoms with Gasteiger partial charge in [0.25, 0.3) is 6.54 Å². The summed E-state index contributed by atoms with van der Waals surface area (Å²) in [6.45, 7) is -2.42. The third kappa shape index (κ3) is 2.64. The summed E-state index contributed by atoms with van der Waals surface area (Å²) in [4.78, 5) is 7.57. The van der Waals surface area contributed by atoms with E-state index in [1.54, 1.807) is 0 Å². The maximum Gasteiger partial charge on any atom is 0.460 e. The Bertz CT molecular complexity index is 164. The van der Waals surface area contributed by atoms with E-state index in [0.717, 1.165) is 0 Å². The molecule has 0 aromatic rings. The number of rotatable bonds is 2. The van der Waals surface area contributed by atoms with E-state index >= 15 is 0 Å². The van der Waals surface area contributed by atoms with Gasteiger partial charge in [0.2, 0.25) is 0 Å². The van der Waals surface area contributed by atoms with Crippen LogP contribution in [0.3, 0.4) is 0 Å². The van der Waals surface area contributed by atoms with Gasteiger partial charge >= 0.3 is 12.1 Å². The molecule has 0 amide bonds. The number of nitro groups is 1. The predicted molar refractivity (Wildman–Crippen MR) is 22.9 cm³/mol. The van der Waals surface area contributed by atoms with Crippen molar-refractivity contribution in [2.24, 2.45) is 0 Å². The Morgan fingerprint density at radius 1 is 1.18 bits per heavy atom. The first kappa shape index (κ1) is 10.1. The van der Waals surface area contributed by atoms with Crippen molar-refractivity contribution < 1.29 is 26.9 Å². The topological polar surface area (TPSA) is 43.1 Å². The van der Waals surface area contributed by atoms with Gasteiger partial charge in [-0.3, -0.25) is 10.1 Å². The molecule has 66 valence electrons. The fraction of sp³-hybridized carbons (Fsp3) is 1.00. The van der Waals surface area contributed by atoms with Gasteiger partial charge in [-0.15, -0.1) is 0 Å². The molecule has 0 fully saturated rings. The molecule has 3 nitrogen and oxygen atoms in total. The first-order chi connectivity index (χ1) is 4.67. The van der Waals surface area contributed by atoms with Crippen molar-refractivity contribution in [1.82, 2.24) is 0 Å². The fourth-order valence-corrected chi connectivity index (χ4v) is 0.252. The molecule has 0 radical (unpaired) electrons. The van der Waals surface area contributed by atoms with Crippen LogP contribution in [0.15, 0.2) is 0 Å². The standard InChI is InChI=1S/C3H2F5NO2/c4-2(5,1-9(10)11)3(6,7)8/h1H2. The molecular weight excluding hydrogens is 177 g/mol. The maximum atomic E-state index is 11.6. The van der Waals surface area contributed by atoms with Crippen molar-refractivity contribution in [3.63, 3.8) is 0 Å². The Kier molecular flexibility index (Phi) is 2.37. The van der Waals surface area contributed by atoms with Gasteiger partial charge in [-0.25, -0.2) is 0 Å². The highest BCUT2D eigenvalue weighted by Crippen LogP contribution is 2.35. The Morgan fingerprint density at radius 3 is 1.64 bits per heavy atom. The summed E-state index contributed by atoms with van der Waals surface area (Å²) in [5.74, 6) is -5.24. The van der Waals surface area contributed by atoms with E-state index in [9.17, 15) is 32.1 Å². The van der Waals surface area contributed by atoms with Crippen LogP contribution in [0.1, 0.15) is 0 Å². The Labute approximate surface area is 56.9 Å². The zero-order valence-electron chi connectivity index (χ0n) is 4.86. The van der Waals surface area contributed by atoms with Crippen molar-refractivity contribution in [2.45, 2.75) is 12.1 Å². The van der Waals surface area contributed by atoms with Crippen LogP contribution in [0, 0.1) is 10.1 Å². The Balaban J connectivity index is 4.34. The quantitative estimate of drug-likeness (QED) is 0.366. The SMILES string of the molecule is O=[N+]([O-])CC(F)(F)C(F)(F)F. The molecule has 8 heteroatoms. The van der Waals surface area contributed by atoms with Crippen LogP contribution >= 0.6 is 0 Å². The van der Waals surface area contributed by atoms with Crippen LogP contribution in [0.4, 0.5) is 22.0 Å². The lowest BCUT2D eigenvalue weighted by atomic mass is 10.3. The smallest absolute Gasteiger partial charge is 0.264 e. The summed E-state index contributed by atoms with van der Waals surface area (Å²) in [5, 5.41) is 9.29. The number of hydrogen-bond acceptors (Lipinski definition) is 2. The van der Waals surface area contributed by atoms with Crippen molar-refractivity contribution in [3.8, 4) is 0 Å². The van der Waals surface area contributed by atoms with Crippen LogP contribution in [-0.2, 0) is 0 Å².